The first-order chi connectivity index (χ1) is 12.5. The first kappa shape index (κ1) is 18.3. The van der Waals surface area contributed by atoms with Crippen molar-refractivity contribution in [1.82, 2.24) is 9.88 Å². The zero-order chi connectivity index (χ0) is 18.5. The normalized spacial score (nSPS) is 16.9. The Bertz CT molecular complexity index is 753. The molecule has 1 aromatic carbocycles. The highest BCUT2D eigenvalue weighted by Gasteiger charge is 2.21. The van der Waals surface area contributed by atoms with Crippen LogP contribution in [0.25, 0.3) is 0 Å². The van der Waals surface area contributed by atoms with Gasteiger partial charge in [-0.25, -0.2) is 9.37 Å². The lowest BCUT2D eigenvalue weighted by Gasteiger charge is -2.25. The maximum Gasteiger partial charge on any atom is 0.252 e. The Labute approximate surface area is 152 Å². The summed E-state index contributed by atoms with van der Waals surface area (Å²) in [5.41, 5.74) is 6.58. The van der Waals surface area contributed by atoms with Gasteiger partial charge in [0, 0.05) is 38.9 Å². The molecule has 3 N–H and O–H groups in total. The fourth-order valence-corrected chi connectivity index (χ4v) is 3.24. The molecule has 1 fully saturated rings. The van der Waals surface area contributed by atoms with Crippen LogP contribution in [0, 0.1) is 5.82 Å². The minimum atomic E-state index is -0.668. The van der Waals surface area contributed by atoms with Crippen molar-refractivity contribution in [2.24, 2.45) is 5.73 Å². The number of amides is 1. The van der Waals surface area contributed by atoms with E-state index in [4.69, 9.17) is 5.73 Å². The van der Waals surface area contributed by atoms with E-state index in [1.165, 1.54) is 12.1 Å². The van der Waals surface area contributed by atoms with E-state index in [1.54, 1.807) is 30.5 Å². The highest BCUT2D eigenvalue weighted by Crippen LogP contribution is 2.20. The van der Waals surface area contributed by atoms with Crippen molar-refractivity contribution in [3.63, 3.8) is 0 Å². The second kappa shape index (κ2) is 8.25. The van der Waals surface area contributed by atoms with E-state index in [2.05, 4.69) is 14.8 Å². The molecule has 0 radical (unpaired) electrons. The van der Waals surface area contributed by atoms with Gasteiger partial charge in [0.15, 0.2) is 0 Å². The molecule has 3 rings (SSSR count). The Kier molecular flexibility index (Phi) is 5.80. The number of aliphatic hydroxyl groups is 1. The molecule has 2 heterocycles. The molecule has 1 aromatic heterocycles. The van der Waals surface area contributed by atoms with Gasteiger partial charge in [-0.15, -0.1) is 0 Å². The van der Waals surface area contributed by atoms with Gasteiger partial charge in [0.2, 0.25) is 0 Å². The number of carbonyl (C=O) groups excluding carboxylic acids is 1. The summed E-state index contributed by atoms with van der Waals surface area (Å²) in [5, 5.41) is 10.4. The topological polar surface area (TPSA) is 82.7 Å². The number of rotatable bonds is 5. The third-order valence-corrected chi connectivity index (χ3v) is 4.63. The van der Waals surface area contributed by atoms with E-state index < -0.39 is 12.0 Å². The molecule has 1 aliphatic rings. The number of benzene rings is 1. The number of nitrogens with zero attached hydrogens (tertiary/aromatic N) is 3. The van der Waals surface area contributed by atoms with Crippen molar-refractivity contribution in [3.8, 4) is 0 Å². The molecule has 1 saturated heterocycles. The number of primary amides is 1. The molecule has 0 bridgehead atoms. The maximum absolute atomic E-state index is 13.0. The number of anilines is 1. The van der Waals surface area contributed by atoms with Crippen LogP contribution in [-0.4, -0.2) is 53.6 Å². The fraction of sp³-hybridized carbons (Fsp3) is 0.368. The summed E-state index contributed by atoms with van der Waals surface area (Å²) in [6, 6.07) is 9.32. The fourth-order valence-electron chi connectivity index (χ4n) is 3.24. The zero-order valence-electron chi connectivity index (χ0n) is 14.5. The zero-order valence-corrected chi connectivity index (χ0v) is 14.5. The van der Waals surface area contributed by atoms with E-state index in [-0.39, 0.29) is 5.82 Å². The highest BCUT2D eigenvalue weighted by molar-refractivity contribution is 5.97. The smallest absolute Gasteiger partial charge is 0.252 e. The molecular weight excluding hydrogens is 335 g/mol. The highest BCUT2D eigenvalue weighted by atomic mass is 19.1. The number of hydrogen-bond acceptors (Lipinski definition) is 5. The number of carbonyl (C=O) groups is 1. The molecule has 1 aliphatic heterocycles. The number of aromatic nitrogens is 1. The summed E-state index contributed by atoms with van der Waals surface area (Å²) in [7, 11) is 0. The lowest BCUT2D eigenvalue weighted by molar-refractivity contribution is 0.100. The van der Waals surface area contributed by atoms with E-state index in [0.717, 1.165) is 26.1 Å². The van der Waals surface area contributed by atoms with Gasteiger partial charge < -0.3 is 15.7 Å². The largest absolute Gasteiger partial charge is 0.387 e. The second-order valence-electron chi connectivity index (χ2n) is 6.45. The van der Waals surface area contributed by atoms with E-state index in [9.17, 15) is 14.3 Å². The van der Waals surface area contributed by atoms with Gasteiger partial charge in [-0.1, -0.05) is 12.1 Å². The van der Waals surface area contributed by atoms with Crippen LogP contribution in [0.4, 0.5) is 10.2 Å². The molecule has 6 nitrogen and oxygen atoms in total. The third-order valence-electron chi connectivity index (χ3n) is 4.63. The number of aliphatic hydroxyl groups excluding tert-OH is 1. The summed E-state index contributed by atoms with van der Waals surface area (Å²) in [5.74, 6) is -0.186. The monoisotopic (exact) mass is 358 g/mol. The lowest BCUT2D eigenvalue weighted by Crippen LogP contribution is -2.34. The summed E-state index contributed by atoms with van der Waals surface area (Å²) in [6.45, 7) is 3.48. The molecule has 2 aromatic rings. The standard InChI is InChI=1S/C19H23FN4O2/c20-15-6-4-14(5-7-15)17(25)13-23-9-2-10-24(12-11-23)19-16(18(21)26)3-1-8-22-19/h1,3-8,17,25H,2,9-13H2,(H2,21,26). The Morgan fingerprint density at radius 3 is 2.69 bits per heavy atom. The Morgan fingerprint density at radius 1 is 1.19 bits per heavy atom. The maximum atomic E-state index is 13.0. The van der Waals surface area contributed by atoms with Crippen LogP contribution in [0.15, 0.2) is 42.6 Å². The molecule has 1 atom stereocenters. The molecule has 0 saturated carbocycles. The van der Waals surface area contributed by atoms with Gasteiger partial charge in [0.25, 0.3) is 5.91 Å². The molecule has 26 heavy (non-hydrogen) atoms. The lowest BCUT2D eigenvalue weighted by atomic mass is 10.1. The average Bonchev–Trinajstić information content (AvgIpc) is 2.87. The molecule has 1 unspecified atom stereocenters. The van der Waals surface area contributed by atoms with Crippen LogP contribution < -0.4 is 10.6 Å². The van der Waals surface area contributed by atoms with Crippen LogP contribution in [0.5, 0.6) is 0 Å². The Hall–Kier alpha value is -2.51. The van der Waals surface area contributed by atoms with Crippen LogP contribution in [-0.2, 0) is 0 Å². The van der Waals surface area contributed by atoms with Crippen LogP contribution >= 0.6 is 0 Å². The second-order valence-corrected chi connectivity index (χ2v) is 6.45. The van der Waals surface area contributed by atoms with Gasteiger partial charge in [0.1, 0.15) is 11.6 Å². The van der Waals surface area contributed by atoms with Crippen LogP contribution in [0.1, 0.15) is 28.4 Å². The molecule has 0 spiro atoms. The van der Waals surface area contributed by atoms with Crippen LogP contribution in [0.2, 0.25) is 0 Å². The Morgan fingerprint density at radius 2 is 1.96 bits per heavy atom. The van der Waals surface area contributed by atoms with Gasteiger partial charge in [-0.3, -0.25) is 9.69 Å². The number of nitrogens with two attached hydrogens (primary N) is 1. The summed E-state index contributed by atoms with van der Waals surface area (Å²) < 4.78 is 13.0. The average molecular weight is 358 g/mol. The van der Waals surface area contributed by atoms with Gasteiger partial charge >= 0.3 is 0 Å². The van der Waals surface area contributed by atoms with Crippen molar-refractivity contribution in [1.29, 1.82) is 0 Å². The van der Waals surface area contributed by atoms with Crippen molar-refractivity contribution < 1.29 is 14.3 Å². The molecule has 0 aliphatic carbocycles. The van der Waals surface area contributed by atoms with Gasteiger partial charge in [-0.2, -0.15) is 0 Å². The van der Waals surface area contributed by atoms with Crippen molar-refractivity contribution in [2.45, 2.75) is 12.5 Å². The van der Waals surface area contributed by atoms with E-state index in [0.29, 0.717) is 30.0 Å². The van der Waals surface area contributed by atoms with Gasteiger partial charge in [-0.05, 0) is 36.2 Å². The quantitative estimate of drug-likeness (QED) is 0.848. The molecule has 138 valence electrons. The third kappa shape index (κ3) is 4.36. The predicted molar refractivity (Wildman–Crippen MR) is 97.4 cm³/mol. The molecular formula is C19H23FN4O2. The summed E-state index contributed by atoms with van der Waals surface area (Å²) >= 11 is 0. The number of pyridine rings is 1. The summed E-state index contributed by atoms with van der Waals surface area (Å²) in [4.78, 5) is 20.2. The van der Waals surface area contributed by atoms with E-state index in [1.807, 2.05) is 0 Å². The minimum Gasteiger partial charge on any atom is -0.387 e. The number of β-amino-alcohol motifs (C(OH)–C–C–N with tert-alkyl or cyclic N) is 1. The number of hydrogen-bond donors (Lipinski definition) is 2. The van der Waals surface area contributed by atoms with Crippen molar-refractivity contribution in [2.75, 3.05) is 37.6 Å². The molecule has 7 heteroatoms. The van der Waals surface area contributed by atoms with E-state index >= 15 is 0 Å². The Balaban J connectivity index is 1.63. The molecule has 1 amide bonds. The number of halogens is 1. The van der Waals surface area contributed by atoms with Crippen molar-refractivity contribution in [3.05, 3.63) is 59.5 Å². The SMILES string of the molecule is NC(=O)c1cccnc1N1CCCN(CC(O)c2ccc(F)cc2)CC1. The van der Waals surface area contributed by atoms with Crippen molar-refractivity contribution >= 4 is 11.7 Å². The summed E-state index contributed by atoms with van der Waals surface area (Å²) in [6.07, 6.45) is 1.87. The van der Waals surface area contributed by atoms with Gasteiger partial charge in [0.05, 0.1) is 11.7 Å². The predicted octanol–water partition coefficient (Wildman–Crippen LogP) is 1.57. The van der Waals surface area contributed by atoms with Crippen LogP contribution in [0.3, 0.4) is 0 Å². The minimum absolute atomic E-state index is 0.313. The first-order valence-electron chi connectivity index (χ1n) is 8.70. The first-order valence-corrected chi connectivity index (χ1v) is 8.70.